The minimum Gasteiger partial charge on any atom is -0.462 e. The van der Waals surface area contributed by atoms with Crippen LogP contribution in [0.25, 0.3) is 0 Å². The van der Waals surface area contributed by atoms with E-state index in [2.05, 4.69) is 34.6 Å². The Kier molecular flexibility index (Phi) is 55.4. The summed E-state index contributed by atoms with van der Waals surface area (Å²) in [5, 5.41) is 0. The summed E-state index contributed by atoms with van der Waals surface area (Å²) in [7, 11) is 0. The second-order valence-electron chi connectivity index (χ2n) is 23.0. The van der Waals surface area contributed by atoms with Crippen LogP contribution in [0.1, 0.15) is 362 Å². The van der Waals surface area contributed by atoms with Gasteiger partial charge in [0.05, 0.1) is 0 Å². The molecule has 0 saturated carbocycles. The molecule has 416 valence electrons. The minimum absolute atomic E-state index is 0.0618. The molecule has 0 amide bonds. The Morgan fingerprint density at radius 2 is 0.471 bits per heavy atom. The van der Waals surface area contributed by atoms with E-state index in [1.165, 1.54) is 250 Å². The third kappa shape index (κ3) is 57.3. The van der Waals surface area contributed by atoms with Crippen LogP contribution in [-0.2, 0) is 28.6 Å². The van der Waals surface area contributed by atoms with Crippen LogP contribution >= 0.6 is 0 Å². The molecule has 0 aromatic heterocycles. The van der Waals surface area contributed by atoms with Crippen molar-refractivity contribution in [3.05, 3.63) is 0 Å². The maximum atomic E-state index is 12.9. The number of unbranched alkanes of at least 4 members (excludes halogenated alkanes) is 43. The van der Waals surface area contributed by atoms with Crippen LogP contribution in [0.5, 0.6) is 0 Å². The molecule has 1 atom stereocenters. The molecule has 6 heteroatoms. The summed E-state index contributed by atoms with van der Waals surface area (Å²) >= 11 is 0. The van der Waals surface area contributed by atoms with E-state index in [1.807, 2.05) is 0 Å². The fourth-order valence-corrected chi connectivity index (χ4v) is 9.93. The molecule has 0 aliphatic rings. The van der Waals surface area contributed by atoms with Gasteiger partial charge in [0.2, 0.25) is 0 Å². The first-order valence-corrected chi connectivity index (χ1v) is 31.7. The molecule has 70 heavy (non-hydrogen) atoms. The lowest BCUT2D eigenvalue weighted by atomic mass is 10.0. The molecule has 0 fully saturated rings. The van der Waals surface area contributed by atoms with Gasteiger partial charge in [0.15, 0.2) is 6.10 Å². The average Bonchev–Trinajstić information content (AvgIpc) is 3.33. The molecule has 0 rings (SSSR count). The molecule has 0 spiro atoms. The molecular formula is C64H124O6. The van der Waals surface area contributed by atoms with Crippen LogP contribution in [0.15, 0.2) is 0 Å². The molecule has 0 aliphatic heterocycles. The third-order valence-electron chi connectivity index (χ3n) is 14.7. The Morgan fingerprint density at radius 3 is 0.700 bits per heavy atom. The molecule has 0 saturated heterocycles. The SMILES string of the molecule is CCCCCCCCCCCCCCCCC(=O)OC[C@@H](COC(=O)CCCCCCCCCCCCCCCCCCCCC(C)C)OC(=O)CCCCCCCCCCCCCCCCC(C)C. The third-order valence-corrected chi connectivity index (χ3v) is 14.7. The minimum atomic E-state index is -0.763. The standard InChI is InChI=1S/C64H124O6/c1-6-7-8-9-10-11-12-13-24-29-34-39-44-49-54-62(65)68-57-61(70-64(67)56-51-46-41-36-31-26-21-20-23-28-33-38-43-48-53-60(4)5)58-69-63(66)55-50-45-40-35-30-25-19-17-15-14-16-18-22-27-32-37-42-47-52-59(2)3/h59-61H,6-58H2,1-5H3/t61-/m0/s1. The molecule has 0 unspecified atom stereocenters. The Balaban J connectivity index is 4.26. The van der Waals surface area contributed by atoms with Crippen LogP contribution in [0.2, 0.25) is 0 Å². The molecule has 0 bridgehead atoms. The highest BCUT2D eigenvalue weighted by Crippen LogP contribution is 2.19. The van der Waals surface area contributed by atoms with E-state index in [4.69, 9.17) is 14.2 Å². The Hall–Kier alpha value is -1.59. The Morgan fingerprint density at radius 1 is 0.271 bits per heavy atom. The lowest BCUT2D eigenvalue weighted by Crippen LogP contribution is -2.30. The van der Waals surface area contributed by atoms with Gasteiger partial charge in [-0.05, 0) is 31.1 Å². The second kappa shape index (κ2) is 56.7. The smallest absolute Gasteiger partial charge is 0.306 e. The number of carbonyl (C=O) groups is 3. The van der Waals surface area contributed by atoms with Crippen LogP contribution in [-0.4, -0.2) is 37.2 Å². The zero-order valence-corrected chi connectivity index (χ0v) is 48.2. The molecule has 0 heterocycles. The lowest BCUT2D eigenvalue weighted by molar-refractivity contribution is -0.167. The van der Waals surface area contributed by atoms with Gasteiger partial charge in [-0.25, -0.2) is 0 Å². The van der Waals surface area contributed by atoms with Gasteiger partial charge in [-0.1, -0.05) is 324 Å². The fourth-order valence-electron chi connectivity index (χ4n) is 9.93. The van der Waals surface area contributed by atoms with Crippen molar-refractivity contribution in [2.24, 2.45) is 11.8 Å². The zero-order chi connectivity index (χ0) is 51.1. The van der Waals surface area contributed by atoms with Crippen LogP contribution in [0.4, 0.5) is 0 Å². The predicted molar refractivity (Wildman–Crippen MR) is 303 cm³/mol. The predicted octanol–water partition coefficient (Wildman–Crippen LogP) is 21.2. The van der Waals surface area contributed by atoms with Gasteiger partial charge < -0.3 is 14.2 Å². The summed E-state index contributed by atoms with van der Waals surface area (Å²) in [6, 6.07) is 0. The van der Waals surface area contributed by atoms with Crippen molar-refractivity contribution in [3.8, 4) is 0 Å². The van der Waals surface area contributed by atoms with Crippen molar-refractivity contribution >= 4 is 17.9 Å². The molecular weight excluding hydrogens is 865 g/mol. The highest BCUT2D eigenvalue weighted by Gasteiger charge is 2.19. The maximum Gasteiger partial charge on any atom is 0.306 e. The summed E-state index contributed by atoms with van der Waals surface area (Å²) in [5.74, 6) is 0.871. The second-order valence-corrected chi connectivity index (χ2v) is 23.0. The topological polar surface area (TPSA) is 78.9 Å². The first-order chi connectivity index (χ1) is 34.2. The monoisotopic (exact) mass is 989 g/mol. The van der Waals surface area contributed by atoms with E-state index in [0.717, 1.165) is 69.6 Å². The van der Waals surface area contributed by atoms with Crippen LogP contribution < -0.4 is 0 Å². The molecule has 6 nitrogen and oxygen atoms in total. The lowest BCUT2D eigenvalue weighted by Gasteiger charge is -2.18. The van der Waals surface area contributed by atoms with Gasteiger partial charge in [0.1, 0.15) is 13.2 Å². The Labute approximate surface area is 438 Å². The van der Waals surface area contributed by atoms with E-state index < -0.39 is 6.10 Å². The summed E-state index contributed by atoms with van der Waals surface area (Å²) in [6.45, 7) is 11.5. The van der Waals surface area contributed by atoms with Gasteiger partial charge in [-0.3, -0.25) is 14.4 Å². The summed E-state index contributed by atoms with van der Waals surface area (Å²) in [5.41, 5.74) is 0. The number of carbonyl (C=O) groups excluding carboxylic acids is 3. The first kappa shape index (κ1) is 68.4. The number of hydrogen-bond acceptors (Lipinski definition) is 6. The number of esters is 3. The van der Waals surface area contributed by atoms with E-state index in [-0.39, 0.29) is 31.1 Å². The van der Waals surface area contributed by atoms with E-state index in [9.17, 15) is 14.4 Å². The number of ether oxygens (including phenoxy) is 3. The first-order valence-electron chi connectivity index (χ1n) is 31.7. The molecule has 0 aromatic carbocycles. The highest BCUT2D eigenvalue weighted by molar-refractivity contribution is 5.71. The molecule has 0 aromatic rings. The molecule has 0 aliphatic carbocycles. The van der Waals surface area contributed by atoms with Crippen molar-refractivity contribution < 1.29 is 28.6 Å². The quantitative estimate of drug-likeness (QED) is 0.0343. The highest BCUT2D eigenvalue weighted by atomic mass is 16.6. The number of rotatable bonds is 58. The van der Waals surface area contributed by atoms with E-state index in [0.29, 0.717) is 19.3 Å². The molecule has 0 radical (unpaired) electrons. The van der Waals surface area contributed by atoms with Crippen LogP contribution in [0.3, 0.4) is 0 Å². The van der Waals surface area contributed by atoms with Gasteiger partial charge in [0, 0.05) is 19.3 Å². The summed E-state index contributed by atoms with van der Waals surface area (Å²) in [4.78, 5) is 38.3. The largest absolute Gasteiger partial charge is 0.462 e. The van der Waals surface area contributed by atoms with Gasteiger partial charge in [0.25, 0.3) is 0 Å². The van der Waals surface area contributed by atoms with Crippen LogP contribution in [0, 0.1) is 11.8 Å². The molecule has 0 N–H and O–H groups in total. The van der Waals surface area contributed by atoms with Crippen molar-refractivity contribution in [2.75, 3.05) is 13.2 Å². The normalized spacial score (nSPS) is 12.0. The zero-order valence-electron chi connectivity index (χ0n) is 48.2. The van der Waals surface area contributed by atoms with E-state index in [1.54, 1.807) is 0 Å². The van der Waals surface area contributed by atoms with Crippen molar-refractivity contribution in [3.63, 3.8) is 0 Å². The Bertz CT molecular complexity index is 1070. The van der Waals surface area contributed by atoms with Gasteiger partial charge in [-0.15, -0.1) is 0 Å². The van der Waals surface area contributed by atoms with E-state index >= 15 is 0 Å². The van der Waals surface area contributed by atoms with Crippen molar-refractivity contribution in [1.29, 1.82) is 0 Å². The van der Waals surface area contributed by atoms with Crippen molar-refractivity contribution in [1.82, 2.24) is 0 Å². The average molecular weight is 990 g/mol. The van der Waals surface area contributed by atoms with Gasteiger partial charge >= 0.3 is 17.9 Å². The number of hydrogen-bond donors (Lipinski definition) is 0. The van der Waals surface area contributed by atoms with Gasteiger partial charge in [-0.2, -0.15) is 0 Å². The maximum absolute atomic E-state index is 12.9. The fraction of sp³-hybridized carbons (Fsp3) is 0.953. The summed E-state index contributed by atoms with van der Waals surface area (Å²) in [6.07, 6.45) is 62.4. The summed E-state index contributed by atoms with van der Waals surface area (Å²) < 4.78 is 17.0. The van der Waals surface area contributed by atoms with Crippen molar-refractivity contribution in [2.45, 2.75) is 368 Å².